The second-order valence-electron chi connectivity index (χ2n) is 5.15. The molecule has 0 aliphatic carbocycles. The summed E-state index contributed by atoms with van der Waals surface area (Å²) in [4.78, 5) is 12.7. The summed E-state index contributed by atoms with van der Waals surface area (Å²) in [6.45, 7) is 0.683. The highest BCUT2D eigenvalue weighted by atomic mass is 32.2. The third-order valence-electron chi connectivity index (χ3n) is 3.73. The molecule has 0 radical (unpaired) electrons. The number of hydrogen-bond acceptors (Lipinski definition) is 3. The Balaban J connectivity index is 1.82. The molecular formula is C14H16O3S. The van der Waals surface area contributed by atoms with Gasteiger partial charge in [-0.05, 0) is 42.2 Å². The minimum Gasteiger partial charge on any atom is -0.481 e. The van der Waals surface area contributed by atoms with Gasteiger partial charge in [0.25, 0.3) is 0 Å². The zero-order chi connectivity index (χ0) is 12.6. The van der Waals surface area contributed by atoms with Gasteiger partial charge in [0.2, 0.25) is 0 Å². The van der Waals surface area contributed by atoms with Crippen LogP contribution >= 0.6 is 11.8 Å². The van der Waals surface area contributed by atoms with E-state index in [0.29, 0.717) is 19.6 Å². The van der Waals surface area contributed by atoms with Crippen molar-refractivity contribution in [1.29, 1.82) is 0 Å². The fourth-order valence-electron chi connectivity index (χ4n) is 2.56. The van der Waals surface area contributed by atoms with Gasteiger partial charge in [0.05, 0.1) is 13.2 Å². The number of carboxylic acids is 1. The molecule has 1 N–H and O–H groups in total. The maximum absolute atomic E-state index is 11.3. The lowest BCUT2D eigenvalue weighted by molar-refractivity contribution is -0.179. The number of carbonyl (C=O) groups is 1. The van der Waals surface area contributed by atoms with E-state index in [1.165, 1.54) is 22.6 Å². The number of aryl methyl sites for hydroxylation is 1. The van der Waals surface area contributed by atoms with Crippen LogP contribution in [0, 0.1) is 5.41 Å². The van der Waals surface area contributed by atoms with Gasteiger partial charge in [-0.1, -0.05) is 12.1 Å². The van der Waals surface area contributed by atoms with E-state index in [2.05, 4.69) is 18.2 Å². The maximum atomic E-state index is 11.3. The number of hydrogen-bond donors (Lipinski definition) is 1. The number of benzene rings is 1. The number of thioether (sulfide) groups is 1. The Morgan fingerprint density at radius 2 is 2.28 bits per heavy atom. The SMILES string of the molecule is O=C(O)C1(Cc2ccc3c(c2)CCCS3)COC1. The standard InChI is InChI=1S/C14H16O3S/c15-13(16)14(8-17-9-14)7-10-3-4-12-11(6-10)2-1-5-18-12/h3-4,6H,1-2,5,7-9H2,(H,15,16). The van der Waals surface area contributed by atoms with Gasteiger partial charge in [-0.25, -0.2) is 0 Å². The first kappa shape index (κ1) is 12.1. The summed E-state index contributed by atoms with van der Waals surface area (Å²) in [7, 11) is 0. The molecule has 1 fully saturated rings. The first-order chi connectivity index (χ1) is 8.70. The van der Waals surface area contributed by atoms with Crippen LogP contribution in [0.3, 0.4) is 0 Å². The minimum atomic E-state index is -0.735. The lowest BCUT2D eigenvalue weighted by atomic mass is 9.79. The smallest absolute Gasteiger partial charge is 0.314 e. The molecule has 0 spiro atoms. The van der Waals surface area contributed by atoms with Crippen LogP contribution in [0.25, 0.3) is 0 Å². The largest absolute Gasteiger partial charge is 0.481 e. The Kier molecular flexibility index (Phi) is 3.08. The van der Waals surface area contributed by atoms with E-state index in [4.69, 9.17) is 4.74 Å². The van der Waals surface area contributed by atoms with Gasteiger partial charge in [0.1, 0.15) is 5.41 Å². The van der Waals surface area contributed by atoms with Crippen LogP contribution in [0.2, 0.25) is 0 Å². The molecule has 96 valence electrons. The second kappa shape index (κ2) is 4.59. The average Bonchev–Trinajstić information content (AvgIpc) is 2.33. The predicted molar refractivity (Wildman–Crippen MR) is 70.1 cm³/mol. The molecule has 1 aromatic carbocycles. The first-order valence-electron chi connectivity index (χ1n) is 6.25. The summed E-state index contributed by atoms with van der Waals surface area (Å²) in [5, 5.41) is 9.30. The molecule has 3 rings (SSSR count). The predicted octanol–water partition coefficient (Wildman–Crippen LogP) is 2.37. The van der Waals surface area contributed by atoms with Crippen molar-refractivity contribution >= 4 is 17.7 Å². The Morgan fingerprint density at radius 3 is 2.94 bits per heavy atom. The lowest BCUT2D eigenvalue weighted by Crippen LogP contribution is -2.50. The van der Waals surface area contributed by atoms with E-state index in [1.807, 2.05) is 11.8 Å². The number of ether oxygens (including phenoxy) is 1. The van der Waals surface area contributed by atoms with Crippen LogP contribution in [0.4, 0.5) is 0 Å². The molecule has 3 nitrogen and oxygen atoms in total. The van der Waals surface area contributed by atoms with Crippen LogP contribution < -0.4 is 0 Å². The number of rotatable bonds is 3. The van der Waals surface area contributed by atoms with E-state index >= 15 is 0 Å². The molecule has 0 unspecified atom stereocenters. The van der Waals surface area contributed by atoms with Gasteiger partial charge in [-0.3, -0.25) is 4.79 Å². The van der Waals surface area contributed by atoms with Gasteiger partial charge < -0.3 is 9.84 Å². The van der Waals surface area contributed by atoms with Gasteiger partial charge in [0.15, 0.2) is 0 Å². The van der Waals surface area contributed by atoms with E-state index in [1.54, 1.807) is 0 Å². The normalized spacial score (nSPS) is 20.9. The number of fused-ring (bicyclic) bond motifs is 1. The van der Waals surface area contributed by atoms with Crippen molar-refractivity contribution in [3.8, 4) is 0 Å². The highest BCUT2D eigenvalue weighted by Crippen LogP contribution is 2.35. The fraction of sp³-hybridized carbons (Fsp3) is 0.500. The number of carboxylic acid groups (broad SMARTS) is 1. The second-order valence-corrected chi connectivity index (χ2v) is 6.29. The van der Waals surface area contributed by atoms with E-state index in [9.17, 15) is 9.90 Å². The summed E-state index contributed by atoms with van der Waals surface area (Å²) in [6.07, 6.45) is 2.92. The van der Waals surface area contributed by atoms with Crippen LogP contribution in [0.1, 0.15) is 17.5 Å². The van der Waals surface area contributed by atoms with Crippen LogP contribution in [0.15, 0.2) is 23.1 Å². The van der Waals surface area contributed by atoms with E-state index in [0.717, 1.165) is 12.0 Å². The van der Waals surface area contributed by atoms with Crippen LogP contribution in [-0.2, 0) is 22.4 Å². The van der Waals surface area contributed by atoms with Crippen molar-refractivity contribution < 1.29 is 14.6 Å². The Labute approximate surface area is 111 Å². The third-order valence-corrected chi connectivity index (χ3v) is 4.93. The highest BCUT2D eigenvalue weighted by Gasteiger charge is 2.46. The maximum Gasteiger partial charge on any atom is 0.314 e. The summed E-state index contributed by atoms with van der Waals surface area (Å²) in [5.41, 5.74) is 1.82. The highest BCUT2D eigenvalue weighted by molar-refractivity contribution is 7.99. The van der Waals surface area contributed by atoms with Gasteiger partial charge >= 0.3 is 5.97 Å². The zero-order valence-electron chi connectivity index (χ0n) is 10.1. The Bertz CT molecular complexity index is 480. The monoisotopic (exact) mass is 264 g/mol. The van der Waals surface area contributed by atoms with Crippen molar-refractivity contribution in [2.24, 2.45) is 5.41 Å². The molecule has 2 aliphatic heterocycles. The minimum absolute atomic E-state index is 0.341. The van der Waals surface area contributed by atoms with Crippen molar-refractivity contribution in [2.75, 3.05) is 19.0 Å². The van der Waals surface area contributed by atoms with Crippen molar-refractivity contribution in [1.82, 2.24) is 0 Å². The van der Waals surface area contributed by atoms with E-state index in [-0.39, 0.29) is 0 Å². The summed E-state index contributed by atoms with van der Waals surface area (Å²) < 4.78 is 5.10. The molecule has 18 heavy (non-hydrogen) atoms. The quantitative estimate of drug-likeness (QED) is 0.910. The molecule has 2 heterocycles. The van der Waals surface area contributed by atoms with Crippen LogP contribution in [0.5, 0.6) is 0 Å². The van der Waals surface area contributed by atoms with Crippen molar-refractivity contribution in [3.63, 3.8) is 0 Å². The zero-order valence-corrected chi connectivity index (χ0v) is 11.0. The fourth-order valence-corrected chi connectivity index (χ4v) is 3.58. The molecule has 0 atom stereocenters. The molecule has 0 saturated carbocycles. The van der Waals surface area contributed by atoms with E-state index < -0.39 is 11.4 Å². The molecule has 4 heteroatoms. The van der Waals surface area contributed by atoms with Crippen molar-refractivity contribution in [2.45, 2.75) is 24.2 Å². The summed E-state index contributed by atoms with van der Waals surface area (Å²) in [5.74, 6) is 0.458. The molecule has 0 aromatic heterocycles. The molecule has 1 aromatic rings. The van der Waals surface area contributed by atoms with Gasteiger partial charge in [-0.2, -0.15) is 0 Å². The summed E-state index contributed by atoms with van der Waals surface area (Å²) in [6, 6.07) is 6.40. The topological polar surface area (TPSA) is 46.5 Å². The molecule has 1 saturated heterocycles. The van der Waals surface area contributed by atoms with Gasteiger partial charge in [-0.15, -0.1) is 11.8 Å². The number of aliphatic carboxylic acids is 1. The summed E-state index contributed by atoms with van der Waals surface area (Å²) >= 11 is 1.90. The Morgan fingerprint density at radius 1 is 1.44 bits per heavy atom. The molecule has 0 bridgehead atoms. The van der Waals surface area contributed by atoms with Gasteiger partial charge in [0, 0.05) is 4.90 Å². The van der Waals surface area contributed by atoms with Crippen molar-refractivity contribution in [3.05, 3.63) is 29.3 Å². The molecule has 0 amide bonds. The first-order valence-corrected chi connectivity index (χ1v) is 7.24. The van der Waals surface area contributed by atoms with Crippen LogP contribution in [-0.4, -0.2) is 30.0 Å². The Hall–Kier alpha value is -1.00. The molecule has 2 aliphatic rings. The molecular weight excluding hydrogens is 248 g/mol. The third kappa shape index (κ3) is 2.04. The average molecular weight is 264 g/mol. The lowest BCUT2D eigenvalue weighted by Gasteiger charge is -2.37.